The smallest absolute Gasteiger partial charge is 0.129 e. The highest BCUT2D eigenvalue weighted by atomic mass is 16.5. The zero-order valence-corrected chi connectivity index (χ0v) is 10.2. The second-order valence-electron chi connectivity index (χ2n) is 3.90. The van der Waals surface area contributed by atoms with Crippen LogP contribution in [-0.2, 0) is 11.3 Å². The predicted octanol–water partition coefficient (Wildman–Crippen LogP) is 2.97. The fraction of sp³-hybridized carbons (Fsp3) is 0.692. The van der Waals surface area contributed by atoms with Crippen molar-refractivity contribution in [3.05, 3.63) is 24.2 Å². The van der Waals surface area contributed by atoms with E-state index in [9.17, 15) is 0 Å². The van der Waals surface area contributed by atoms with Crippen molar-refractivity contribution in [2.75, 3.05) is 19.7 Å². The van der Waals surface area contributed by atoms with Crippen LogP contribution in [0.2, 0.25) is 0 Å². The summed E-state index contributed by atoms with van der Waals surface area (Å²) < 4.78 is 10.7. The first kappa shape index (κ1) is 13.3. The van der Waals surface area contributed by atoms with Gasteiger partial charge in [0.25, 0.3) is 0 Å². The van der Waals surface area contributed by atoms with Gasteiger partial charge in [-0.15, -0.1) is 0 Å². The maximum atomic E-state index is 5.50. The van der Waals surface area contributed by atoms with Gasteiger partial charge in [0.2, 0.25) is 0 Å². The van der Waals surface area contributed by atoms with Gasteiger partial charge in [-0.3, -0.25) is 0 Å². The van der Waals surface area contributed by atoms with Crippen LogP contribution in [0.1, 0.15) is 38.4 Å². The number of unbranched alkanes of at least 4 members (excludes halogenated alkanes) is 3. The van der Waals surface area contributed by atoms with Crippen molar-refractivity contribution in [2.24, 2.45) is 0 Å². The minimum Gasteiger partial charge on any atom is -0.467 e. The second kappa shape index (κ2) is 9.43. The third kappa shape index (κ3) is 6.64. The van der Waals surface area contributed by atoms with Gasteiger partial charge in [0, 0.05) is 6.61 Å². The molecule has 0 aromatic carbocycles. The Hall–Kier alpha value is -0.800. The zero-order chi connectivity index (χ0) is 11.5. The summed E-state index contributed by atoms with van der Waals surface area (Å²) in [6, 6.07) is 3.83. The summed E-state index contributed by atoms with van der Waals surface area (Å²) in [6.07, 6.45) is 6.64. The Kier molecular flexibility index (Phi) is 7.82. The normalized spacial score (nSPS) is 10.8. The summed E-state index contributed by atoms with van der Waals surface area (Å²) in [5, 5.41) is 3.33. The van der Waals surface area contributed by atoms with Gasteiger partial charge in [-0.25, -0.2) is 0 Å². The standard InChI is InChI=1S/C13H23NO2/c1-2-14-9-5-3-4-6-10-15-12-13-8-7-11-16-13/h7-8,11,14H,2-6,9-10,12H2,1H3. The highest BCUT2D eigenvalue weighted by Crippen LogP contribution is 2.04. The lowest BCUT2D eigenvalue weighted by molar-refractivity contribution is 0.102. The molecule has 0 radical (unpaired) electrons. The van der Waals surface area contributed by atoms with E-state index in [1.807, 2.05) is 12.1 Å². The zero-order valence-electron chi connectivity index (χ0n) is 10.2. The molecule has 0 aliphatic carbocycles. The average Bonchev–Trinajstić information content (AvgIpc) is 2.80. The lowest BCUT2D eigenvalue weighted by atomic mass is 10.2. The van der Waals surface area contributed by atoms with Gasteiger partial charge in [0.15, 0.2) is 0 Å². The summed E-state index contributed by atoms with van der Waals surface area (Å²) in [7, 11) is 0. The molecule has 1 aromatic heterocycles. The SMILES string of the molecule is CCNCCCCCCOCc1ccco1. The lowest BCUT2D eigenvalue weighted by Gasteiger charge is -2.03. The van der Waals surface area contributed by atoms with E-state index < -0.39 is 0 Å². The number of hydrogen-bond donors (Lipinski definition) is 1. The molecule has 1 N–H and O–H groups in total. The van der Waals surface area contributed by atoms with Crippen LogP contribution in [0.25, 0.3) is 0 Å². The van der Waals surface area contributed by atoms with Crippen molar-refractivity contribution in [1.82, 2.24) is 5.32 Å². The average molecular weight is 225 g/mol. The molecule has 0 saturated carbocycles. The minimum atomic E-state index is 0.602. The molecule has 92 valence electrons. The Balaban J connectivity index is 1.78. The molecule has 1 aromatic rings. The first-order chi connectivity index (χ1) is 7.93. The molecule has 0 fully saturated rings. The fourth-order valence-electron chi connectivity index (χ4n) is 1.55. The van der Waals surface area contributed by atoms with E-state index in [1.54, 1.807) is 6.26 Å². The second-order valence-corrected chi connectivity index (χ2v) is 3.90. The third-order valence-corrected chi connectivity index (χ3v) is 2.47. The largest absolute Gasteiger partial charge is 0.467 e. The number of ether oxygens (including phenoxy) is 1. The molecule has 16 heavy (non-hydrogen) atoms. The Morgan fingerprint density at radius 1 is 1.25 bits per heavy atom. The summed E-state index contributed by atoms with van der Waals surface area (Å²) in [4.78, 5) is 0. The lowest BCUT2D eigenvalue weighted by Crippen LogP contribution is -2.13. The Morgan fingerprint density at radius 3 is 2.88 bits per heavy atom. The Morgan fingerprint density at radius 2 is 2.12 bits per heavy atom. The highest BCUT2D eigenvalue weighted by Gasteiger charge is 1.95. The van der Waals surface area contributed by atoms with Gasteiger partial charge in [-0.2, -0.15) is 0 Å². The van der Waals surface area contributed by atoms with Gasteiger partial charge in [0.1, 0.15) is 12.4 Å². The molecule has 1 rings (SSSR count). The molecule has 0 atom stereocenters. The van der Waals surface area contributed by atoms with E-state index in [-0.39, 0.29) is 0 Å². The molecular weight excluding hydrogens is 202 g/mol. The van der Waals surface area contributed by atoms with Crippen LogP contribution in [0, 0.1) is 0 Å². The summed E-state index contributed by atoms with van der Waals surface area (Å²) in [5.74, 6) is 0.909. The van der Waals surface area contributed by atoms with Crippen molar-refractivity contribution < 1.29 is 9.15 Å². The highest BCUT2D eigenvalue weighted by molar-refractivity contribution is 4.95. The molecule has 3 heteroatoms. The quantitative estimate of drug-likeness (QED) is 0.622. The maximum absolute atomic E-state index is 5.50. The third-order valence-electron chi connectivity index (χ3n) is 2.47. The number of furan rings is 1. The van der Waals surface area contributed by atoms with Gasteiger partial charge in [-0.05, 0) is 38.1 Å². The summed E-state index contributed by atoms with van der Waals surface area (Å²) in [6.45, 7) is 5.80. The van der Waals surface area contributed by atoms with Gasteiger partial charge < -0.3 is 14.5 Å². The van der Waals surface area contributed by atoms with Crippen LogP contribution >= 0.6 is 0 Å². The molecular formula is C13H23NO2. The molecule has 1 heterocycles. The van der Waals surface area contributed by atoms with E-state index in [4.69, 9.17) is 9.15 Å². The molecule has 0 amide bonds. The van der Waals surface area contributed by atoms with Crippen LogP contribution < -0.4 is 5.32 Å². The van der Waals surface area contributed by atoms with Gasteiger partial charge in [-0.1, -0.05) is 19.8 Å². The predicted molar refractivity (Wildman–Crippen MR) is 65.4 cm³/mol. The van der Waals surface area contributed by atoms with E-state index in [0.29, 0.717) is 6.61 Å². The molecule has 0 spiro atoms. The summed E-state index contributed by atoms with van der Waals surface area (Å²) >= 11 is 0. The minimum absolute atomic E-state index is 0.602. The fourth-order valence-corrected chi connectivity index (χ4v) is 1.55. The number of nitrogens with one attached hydrogen (secondary N) is 1. The molecule has 3 nitrogen and oxygen atoms in total. The topological polar surface area (TPSA) is 34.4 Å². The molecule has 0 unspecified atom stereocenters. The van der Waals surface area contributed by atoms with Crippen LogP contribution in [0.15, 0.2) is 22.8 Å². The van der Waals surface area contributed by atoms with Crippen molar-refractivity contribution in [2.45, 2.75) is 39.2 Å². The van der Waals surface area contributed by atoms with E-state index in [2.05, 4.69) is 12.2 Å². The van der Waals surface area contributed by atoms with E-state index >= 15 is 0 Å². The molecule has 0 saturated heterocycles. The van der Waals surface area contributed by atoms with Gasteiger partial charge in [0.05, 0.1) is 6.26 Å². The van der Waals surface area contributed by atoms with Crippen molar-refractivity contribution >= 4 is 0 Å². The van der Waals surface area contributed by atoms with Crippen molar-refractivity contribution in [1.29, 1.82) is 0 Å². The Bertz CT molecular complexity index is 234. The number of rotatable bonds is 10. The Labute approximate surface area is 98.2 Å². The van der Waals surface area contributed by atoms with Crippen molar-refractivity contribution in [3.63, 3.8) is 0 Å². The maximum Gasteiger partial charge on any atom is 0.129 e. The first-order valence-corrected chi connectivity index (χ1v) is 6.24. The summed E-state index contributed by atoms with van der Waals surface area (Å²) in [5.41, 5.74) is 0. The van der Waals surface area contributed by atoms with E-state index in [0.717, 1.165) is 31.9 Å². The first-order valence-electron chi connectivity index (χ1n) is 6.24. The van der Waals surface area contributed by atoms with E-state index in [1.165, 1.54) is 19.3 Å². The van der Waals surface area contributed by atoms with Crippen LogP contribution in [0.3, 0.4) is 0 Å². The van der Waals surface area contributed by atoms with Crippen LogP contribution in [0.4, 0.5) is 0 Å². The molecule has 0 aliphatic heterocycles. The van der Waals surface area contributed by atoms with Crippen LogP contribution in [0.5, 0.6) is 0 Å². The molecule has 0 bridgehead atoms. The molecule has 0 aliphatic rings. The number of hydrogen-bond acceptors (Lipinski definition) is 3. The van der Waals surface area contributed by atoms with Crippen LogP contribution in [-0.4, -0.2) is 19.7 Å². The van der Waals surface area contributed by atoms with Gasteiger partial charge >= 0.3 is 0 Å². The monoisotopic (exact) mass is 225 g/mol. The van der Waals surface area contributed by atoms with Crippen molar-refractivity contribution in [3.8, 4) is 0 Å².